The Hall–Kier alpha value is -2.43. The molecule has 0 amide bonds. The number of hydrogen-bond donors (Lipinski definition) is 2. The molecular formula is C14H13NO4. The van der Waals surface area contributed by atoms with Crippen LogP contribution in [0.25, 0.3) is 0 Å². The Morgan fingerprint density at radius 3 is 2.42 bits per heavy atom. The summed E-state index contributed by atoms with van der Waals surface area (Å²) in [6, 6.07) is 3.19. The molecule has 2 N–H and O–H groups in total. The summed E-state index contributed by atoms with van der Waals surface area (Å²) < 4.78 is 0. The van der Waals surface area contributed by atoms with Gasteiger partial charge in [0.2, 0.25) is 0 Å². The topological polar surface area (TPSA) is 87.5 Å². The Balaban J connectivity index is 2.61. The second-order valence-corrected chi connectivity index (χ2v) is 4.42. The van der Waals surface area contributed by atoms with Gasteiger partial charge in [-0.3, -0.25) is 9.78 Å². The minimum atomic E-state index is -1.37. The van der Waals surface area contributed by atoms with Crippen molar-refractivity contribution in [2.45, 2.75) is 12.3 Å². The standard InChI is InChI=1S/C14H13NO4/c1-9-11(12(16)17)3-2-6-14(9,13(18)19)10-4-7-15-8-5-10/h2-9H,1H3,(H,16,17)(H,18,19). The maximum absolute atomic E-state index is 11.8. The molecule has 2 rings (SSSR count). The number of pyridine rings is 1. The second kappa shape index (κ2) is 4.68. The zero-order valence-corrected chi connectivity index (χ0v) is 10.3. The summed E-state index contributed by atoms with van der Waals surface area (Å²) >= 11 is 0. The molecule has 2 unspecified atom stereocenters. The van der Waals surface area contributed by atoms with Gasteiger partial charge in [-0.25, -0.2) is 4.79 Å². The van der Waals surface area contributed by atoms with Crippen LogP contribution in [0.3, 0.4) is 0 Å². The molecule has 2 atom stereocenters. The SMILES string of the molecule is CC1C(C(=O)O)=CC=CC1(C(=O)O)c1ccncc1. The maximum atomic E-state index is 11.8. The summed E-state index contributed by atoms with van der Waals surface area (Å²) in [4.78, 5) is 26.8. The van der Waals surface area contributed by atoms with Gasteiger partial charge in [0.1, 0.15) is 5.41 Å². The molecule has 5 nitrogen and oxygen atoms in total. The first-order valence-electron chi connectivity index (χ1n) is 5.76. The summed E-state index contributed by atoms with van der Waals surface area (Å²) in [5, 5.41) is 18.8. The van der Waals surface area contributed by atoms with Crippen molar-refractivity contribution in [1.82, 2.24) is 4.98 Å². The van der Waals surface area contributed by atoms with E-state index in [2.05, 4.69) is 4.98 Å². The second-order valence-electron chi connectivity index (χ2n) is 4.42. The van der Waals surface area contributed by atoms with Gasteiger partial charge in [0, 0.05) is 23.9 Å². The molecule has 5 heteroatoms. The van der Waals surface area contributed by atoms with Gasteiger partial charge in [0.15, 0.2) is 0 Å². The fourth-order valence-corrected chi connectivity index (χ4v) is 2.45. The van der Waals surface area contributed by atoms with E-state index in [4.69, 9.17) is 5.11 Å². The molecule has 1 aliphatic rings. The van der Waals surface area contributed by atoms with Crippen molar-refractivity contribution in [3.63, 3.8) is 0 Å². The molecule has 0 spiro atoms. The lowest BCUT2D eigenvalue weighted by molar-refractivity contribution is -0.143. The van der Waals surface area contributed by atoms with E-state index in [0.29, 0.717) is 5.56 Å². The van der Waals surface area contributed by atoms with Crippen molar-refractivity contribution in [2.75, 3.05) is 0 Å². The van der Waals surface area contributed by atoms with Gasteiger partial charge in [0.05, 0.1) is 0 Å². The fourth-order valence-electron chi connectivity index (χ4n) is 2.45. The summed E-state index contributed by atoms with van der Waals surface area (Å²) in [5.74, 6) is -2.85. The van der Waals surface area contributed by atoms with Crippen molar-refractivity contribution in [2.24, 2.45) is 5.92 Å². The van der Waals surface area contributed by atoms with Crippen molar-refractivity contribution >= 4 is 11.9 Å². The van der Waals surface area contributed by atoms with Crippen LogP contribution in [0.1, 0.15) is 12.5 Å². The van der Waals surface area contributed by atoms with Crippen LogP contribution in [0.2, 0.25) is 0 Å². The summed E-state index contributed by atoms with van der Waals surface area (Å²) in [7, 11) is 0. The molecule has 0 saturated heterocycles. The molecule has 0 fully saturated rings. The van der Waals surface area contributed by atoms with Crippen LogP contribution in [0.4, 0.5) is 0 Å². The van der Waals surface area contributed by atoms with Crippen LogP contribution in [0.15, 0.2) is 48.3 Å². The highest BCUT2D eigenvalue weighted by atomic mass is 16.4. The molecule has 0 bridgehead atoms. The lowest BCUT2D eigenvalue weighted by atomic mass is 9.66. The van der Waals surface area contributed by atoms with Gasteiger partial charge in [0.25, 0.3) is 0 Å². The van der Waals surface area contributed by atoms with E-state index in [1.165, 1.54) is 30.6 Å². The van der Waals surface area contributed by atoms with Crippen LogP contribution >= 0.6 is 0 Å². The third-order valence-corrected chi connectivity index (χ3v) is 3.54. The lowest BCUT2D eigenvalue weighted by Gasteiger charge is -2.35. The quantitative estimate of drug-likeness (QED) is 0.861. The van der Waals surface area contributed by atoms with Gasteiger partial charge < -0.3 is 10.2 Å². The third kappa shape index (κ3) is 1.93. The van der Waals surface area contributed by atoms with Crippen LogP contribution in [0, 0.1) is 5.92 Å². The zero-order valence-electron chi connectivity index (χ0n) is 10.3. The average Bonchev–Trinajstić information content (AvgIpc) is 2.39. The molecule has 1 aromatic heterocycles. The Labute approximate surface area is 109 Å². The predicted molar refractivity (Wildman–Crippen MR) is 67.6 cm³/mol. The summed E-state index contributed by atoms with van der Waals surface area (Å²) in [5.41, 5.74) is -0.766. The van der Waals surface area contributed by atoms with Crippen LogP contribution in [0.5, 0.6) is 0 Å². The van der Waals surface area contributed by atoms with Crippen molar-refractivity contribution in [3.05, 3.63) is 53.9 Å². The van der Waals surface area contributed by atoms with Gasteiger partial charge in [-0.05, 0) is 17.7 Å². The molecule has 0 aromatic carbocycles. The first-order chi connectivity index (χ1) is 9.00. The Morgan fingerprint density at radius 2 is 1.89 bits per heavy atom. The van der Waals surface area contributed by atoms with Crippen LogP contribution in [-0.4, -0.2) is 27.1 Å². The number of hydrogen-bond acceptors (Lipinski definition) is 3. The number of carboxylic acids is 2. The molecule has 0 aliphatic heterocycles. The molecule has 0 saturated carbocycles. The fraction of sp³-hybridized carbons (Fsp3) is 0.214. The monoisotopic (exact) mass is 259 g/mol. The Kier molecular flexibility index (Phi) is 3.21. The minimum Gasteiger partial charge on any atom is -0.480 e. The number of aliphatic carboxylic acids is 2. The first-order valence-corrected chi connectivity index (χ1v) is 5.76. The number of carboxylic acid groups (broad SMARTS) is 2. The molecule has 0 radical (unpaired) electrons. The maximum Gasteiger partial charge on any atom is 0.331 e. The molecule has 1 aliphatic carbocycles. The minimum absolute atomic E-state index is 0.0849. The predicted octanol–water partition coefficient (Wildman–Crippen LogP) is 1.62. The molecule has 1 heterocycles. The number of aromatic nitrogens is 1. The first kappa shape index (κ1) is 13.0. The smallest absolute Gasteiger partial charge is 0.331 e. The van der Waals surface area contributed by atoms with Crippen molar-refractivity contribution < 1.29 is 19.8 Å². The van der Waals surface area contributed by atoms with E-state index in [0.717, 1.165) is 0 Å². The van der Waals surface area contributed by atoms with E-state index in [1.54, 1.807) is 19.1 Å². The van der Waals surface area contributed by atoms with Gasteiger partial charge in [-0.2, -0.15) is 0 Å². The molecular weight excluding hydrogens is 246 g/mol. The third-order valence-electron chi connectivity index (χ3n) is 3.54. The average molecular weight is 259 g/mol. The number of allylic oxidation sites excluding steroid dienone is 2. The van der Waals surface area contributed by atoms with Gasteiger partial charge in [-0.15, -0.1) is 0 Å². The van der Waals surface area contributed by atoms with Crippen molar-refractivity contribution in [3.8, 4) is 0 Å². The molecule has 98 valence electrons. The number of rotatable bonds is 3. The summed E-state index contributed by atoms with van der Waals surface area (Å²) in [6.45, 7) is 1.61. The normalized spacial score (nSPS) is 25.7. The molecule has 19 heavy (non-hydrogen) atoms. The number of nitrogens with zero attached hydrogens (tertiary/aromatic N) is 1. The highest BCUT2D eigenvalue weighted by molar-refractivity contribution is 5.93. The Morgan fingerprint density at radius 1 is 1.26 bits per heavy atom. The molecule has 1 aromatic rings. The van der Waals surface area contributed by atoms with Crippen LogP contribution in [-0.2, 0) is 15.0 Å². The zero-order chi connectivity index (χ0) is 14.0. The van der Waals surface area contributed by atoms with E-state index >= 15 is 0 Å². The van der Waals surface area contributed by atoms with E-state index in [1.807, 2.05) is 0 Å². The Bertz CT molecular complexity index is 576. The highest BCUT2D eigenvalue weighted by Crippen LogP contribution is 2.40. The van der Waals surface area contributed by atoms with E-state index in [9.17, 15) is 14.7 Å². The number of carbonyl (C=O) groups is 2. The summed E-state index contributed by atoms with van der Waals surface area (Å²) in [6.07, 6.45) is 7.45. The van der Waals surface area contributed by atoms with Gasteiger partial charge in [-0.1, -0.05) is 25.2 Å². The van der Waals surface area contributed by atoms with E-state index < -0.39 is 23.3 Å². The van der Waals surface area contributed by atoms with Crippen molar-refractivity contribution in [1.29, 1.82) is 0 Å². The van der Waals surface area contributed by atoms with Crippen LogP contribution < -0.4 is 0 Å². The highest BCUT2D eigenvalue weighted by Gasteiger charge is 2.47. The largest absolute Gasteiger partial charge is 0.480 e. The van der Waals surface area contributed by atoms with E-state index in [-0.39, 0.29) is 5.57 Å². The van der Waals surface area contributed by atoms with Gasteiger partial charge >= 0.3 is 11.9 Å². The lowest BCUT2D eigenvalue weighted by Crippen LogP contribution is -2.43.